The first-order chi connectivity index (χ1) is 6.75. The van der Waals surface area contributed by atoms with E-state index in [-0.39, 0.29) is 0 Å². The quantitative estimate of drug-likeness (QED) is 0.551. The summed E-state index contributed by atoms with van der Waals surface area (Å²) in [6.45, 7) is 0. The standard InChI is InChI=1S/C7H2BrClF5N/c8-4-2(6(10)11)1-15-5(9)3(4)7(12,13)14/h1,6H. The van der Waals surface area contributed by atoms with Gasteiger partial charge in [0.15, 0.2) is 0 Å². The Morgan fingerprint density at radius 2 is 1.87 bits per heavy atom. The molecule has 15 heavy (non-hydrogen) atoms. The highest BCUT2D eigenvalue weighted by Crippen LogP contribution is 2.42. The van der Waals surface area contributed by atoms with Crippen molar-refractivity contribution in [3.05, 3.63) is 26.9 Å². The lowest BCUT2D eigenvalue weighted by Crippen LogP contribution is -2.10. The van der Waals surface area contributed by atoms with Crippen LogP contribution in [0.4, 0.5) is 22.0 Å². The lowest BCUT2D eigenvalue weighted by molar-refractivity contribution is -0.138. The molecule has 0 radical (unpaired) electrons. The smallest absolute Gasteiger partial charge is 0.243 e. The molecule has 0 atom stereocenters. The minimum Gasteiger partial charge on any atom is -0.243 e. The van der Waals surface area contributed by atoms with Gasteiger partial charge in [-0.3, -0.25) is 0 Å². The maximum absolute atomic E-state index is 12.4. The van der Waals surface area contributed by atoms with Gasteiger partial charge in [-0.15, -0.1) is 0 Å². The molecule has 0 unspecified atom stereocenters. The number of alkyl halides is 5. The molecule has 0 saturated heterocycles. The summed E-state index contributed by atoms with van der Waals surface area (Å²) in [7, 11) is 0. The van der Waals surface area contributed by atoms with Crippen molar-refractivity contribution in [2.24, 2.45) is 0 Å². The fraction of sp³-hybridized carbons (Fsp3) is 0.286. The van der Waals surface area contributed by atoms with Crippen LogP contribution in [0.2, 0.25) is 5.15 Å². The van der Waals surface area contributed by atoms with Crippen molar-refractivity contribution in [2.75, 3.05) is 0 Å². The zero-order valence-corrected chi connectivity index (χ0v) is 9.09. The molecule has 0 spiro atoms. The Hall–Kier alpha value is -0.430. The van der Waals surface area contributed by atoms with Crippen LogP contribution >= 0.6 is 27.5 Å². The van der Waals surface area contributed by atoms with E-state index in [1.807, 2.05) is 0 Å². The molecule has 1 rings (SSSR count). The highest BCUT2D eigenvalue weighted by atomic mass is 79.9. The van der Waals surface area contributed by atoms with Gasteiger partial charge in [-0.2, -0.15) is 13.2 Å². The molecule has 0 fully saturated rings. The normalized spacial score (nSPS) is 12.3. The first kappa shape index (κ1) is 12.6. The van der Waals surface area contributed by atoms with Crippen LogP contribution in [0.5, 0.6) is 0 Å². The van der Waals surface area contributed by atoms with E-state index in [1.165, 1.54) is 0 Å². The van der Waals surface area contributed by atoms with E-state index in [0.29, 0.717) is 6.20 Å². The van der Waals surface area contributed by atoms with Gasteiger partial charge in [-0.05, 0) is 15.9 Å². The maximum Gasteiger partial charge on any atom is 0.420 e. The van der Waals surface area contributed by atoms with Gasteiger partial charge in [0, 0.05) is 10.7 Å². The summed E-state index contributed by atoms with van der Waals surface area (Å²) in [5.41, 5.74) is -2.23. The van der Waals surface area contributed by atoms with E-state index < -0.39 is 33.4 Å². The predicted molar refractivity (Wildman–Crippen MR) is 46.9 cm³/mol. The molecule has 0 aromatic carbocycles. The highest BCUT2D eigenvalue weighted by Gasteiger charge is 2.38. The minimum absolute atomic E-state index is 0.603. The van der Waals surface area contributed by atoms with Crippen molar-refractivity contribution in [1.29, 1.82) is 0 Å². The Balaban J connectivity index is 3.44. The third kappa shape index (κ3) is 2.57. The summed E-state index contributed by atoms with van der Waals surface area (Å²) >= 11 is 7.63. The van der Waals surface area contributed by atoms with Gasteiger partial charge in [-0.1, -0.05) is 11.6 Å². The van der Waals surface area contributed by atoms with Crippen LogP contribution in [0.1, 0.15) is 17.6 Å². The number of aromatic nitrogens is 1. The SMILES string of the molecule is FC(F)c1cnc(Cl)c(C(F)(F)F)c1Br. The van der Waals surface area contributed by atoms with Crippen LogP contribution in [-0.4, -0.2) is 4.98 Å². The highest BCUT2D eigenvalue weighted by molar-refractivity contribution is 9.10. The number of hydrogen-bond donors (Lipinski definition) is 0. The van der Waals surface area contributed by atoms with E-state index >= 15 is 0 Å². The lowest BCUT2D eigenvalue weighted by Gasteiger charge is -2.12. The Morgan fingerprint density at radius 3 is 2.27 bits per heavy atom. The van der Waals surface area contributed by atoms with Gasteiger partial charge in [0.25, 0.3) is 6.43 Å². The van der Waals surface area contributed by atoms with Gasteiger partial charge >= 0.3 is 6.18 Å². The van der Waals surface area contributed by atoms with Crippen LogP contribution in [0.15, 0.2) is 10.7 Å². The van der Waals surface area contributed by atoms with Crippen molar-refractivity contribution in [3.8, 4) is 0 Å². The molecule has 0 saturated carbocycles. The van der Waals surface area contributed by atoms with Crippen molar-refractivity contribution in [3.63, 3.8) is 0 Å². The Bertz CT molecular complexity index is 378. The number of pyridine rings is 1. The van der Waals surface area contributed by atoms with Gasteiger partial charge in [0.05, 0.1) is 5.56 Å². The second-order valence-electron chi connectivity index (χ2n) is 2.49. The molecule has 0 amide bonds. The molecule has 1 nitrogen and oxygen atoms in total. The molecule has 8 heteroatoms. The molecule has 0 aliphatic heterocycles. The first-order valence-electron chi connectivity index (χ1n) is 3.44. The second-order valence-corrected chi connectivity index (χ2v) is 3.64. The fourth-order valence-electron chi connectivity index (χ4n) is 0.876. The molecule has 0 aliphatic carbocycles. The van der Waals surface area contributed by atoms with Crippen molar-refractivity contribution >= 4 is 27.5 Å². The predicted octanol–water partition coefficient (Wildman–Crippen LogP) is 4.45. The van der Waals surface area contributed by atoms with Crippen LogP contribution in [-0.2, 0) is 6.18 Å². The molecule has 1 heterocycles. The molecule has 84 valence electrons. The zero-order valence-electron chi connectivity index (χ0n) is 6.75. The third-order valence-electron chi connectivity index (χ3n) is 1.51. The monoisotopic (exact) mass is 309 g/mol. The molecule has 1 aromatic heterocycles. The van der Waals surface area contributed by atoms with Crippen LogP contribution in [0.3, 0.4) is 0 Å². The summed E-state index contributed by atoms with van der Waals surface area (Å²) in [4.78, 5) is 3.06. The molecule has 0 aliphatic rings. The van der Waals surface area contributed by atoms with Crippen LogP contribution in [0.25, 0.3) is 0 Å². The number of nitrogens with zero attached hydrogens (tertiary/aromatic N) is 1. The Kier molecular flexibility index (Phi) is 3.55. The van der Waals surface area contributed by atoms with E-state index in [2.05, 4.69) is 20.9 Å². The van der Waals surface area contributed by atoms with E-state index in [0.717, 1.165) is 0 Å². The number of halogens is 7. The molecular weight excluding hydrogens is 308 g/mol. The van der Waals surface area contributed by atoms with Gasteiger partial charge in [-0.25, -0.2) is 13.8 Å². The summed E-state index contributed by atoms with van der Waals surface area (Å²) in [6, 6.07) is 0. The van der Waals surface area contributed by atoms with Crippen molar-refractivity contribution < 1.29 is 22.0 Å². The van der Waals surface area contributed by atoms with Crippen LogP contribution in [0, 0.1) is 0 Å². The maximum atomic E-state index is 12.4. The largest absolute Gasteiger partial charge is 0.420 e. The van der Waals surface area contributed by atoms with Gasteiger partial charge in [0.1, 0.15) is 10.7 Å². The van der Waals surface area contributed by atoms with Crippen molar-refractivity contribution in [2.45, 2.75) is 12.6 Å². The van der Waals surface area contributed by atoms with E-state index in [1.54, 1.807) is 0 Å². The number of hydrogen-bond acceptors (Lipinski definition) is 1. The minimum atomic E-state index is -4.83. The van der Waals surface area contributed by atoms with Crippen LogP contribution < -0.4 is 0 Å². The summed E-state index contributed by atoms with van der Waals surface area (Å²) in [5.74, 6) is 0. The second kappa shape index (κ2) is 4.21. The summed E-state index contributed by atoms with van der Waals surface area (Å²) < 4.78 is 60.8. The Labute approximate surface area is 94.4 Å². The van der Waals surface area contributed by atoms with E-state index in [9.17, 15) is 22.0 Å². The topological polar surface area (TPSA) is 12.9 Å². The van der Waals surface area contributed by atoms with Gasteiger partial charge < -0.3 is 0 Å². The zero-order chi connectivity index (χ0) is 11.8. The third-order valence-corrected chi connectivity index (χ3v) is 2.66. The molecule has 0 N–H and O–H groups in total. The van der Waals surface area contributed by atoms with E-state index in [4.69, 9.17) is 11.6 Å². The molecule has 0 bridgehead atoms. The molecule has 1 aromatic rings. The average Bonchev–Trinajstić information content (AvgIpc) is 2.00. The Morgan fingerprint density at radius 1 is 1.33 bits per heavy atom. The van der Waals surface area contributed by atoms with Crippen molar-refractivity contribution in [1.82, 2.24) is 4.98 Å². The van der Waals surface area contributed by atoms with Gasteiger partial charge in [0.2, 0.25) is 0 Å². The number of rotatable bonds is 1. The first-order valence-corrected chi connectivity index (χ1v) is 4.61. The average molecular weight is 310 g/mol. The lowest BCUT2D eigenvalue weighted by atomic mass is 10.2. The fourth-order valence-corrected chi connectivity index (χ4v) is 1.93. The summed E-state index contributed by atoms with van der Waals surface area (Å²) in [5, 5.41) is -0.862. The molecular formula is C7H2BrClF5N. The summed E-state index contributed by atoms with van der Waals surface area (Å²) in [6.07, 6.45) is -7.27.